The van der Waals surface area contributed by atoms with Gasteiger partial charge in [0.05, 0.1) is 6.04 Å². The number of piperidine rings is 1. The molecule has 5 nitrogen and oxygen atoms in total. The van der Waals surface area contributed by atoms with Crippen LogP contribution in [0.5, 0.6) is 0 Å². The van der Waals surface area contributed by atoms with Gasteiger partial charge >= 0.3 is 11.9 Å². The highest BCUT2D eigenvalue weighted by atomic mass is 16.6. The topological polar surface area (TPSA) is 63.7 Å². The number of carbonyl (C=O) groups is 3. The van der Waals surface area contributed by atoms with Crippen molar-refractivity contribution in [2.24, 2.45) is 5.41 Å². The molecule has 1 aliphatic carbocycles. The van der Waals surface area contributed by atoms with Gasteiger partial charge in [0.15, 0.2) is 0 Å². The Balaban J connectivity index is 1.49. The van der Waals surface area contributed by atoms with E-state index in [2.05, 4.69) is 11.8 Å². The van der Waals surface area contributed by atoms with E-state index in [9.17, 15) is 14.4 Å². The Kier molecular flexibility index (Phi) is 13.2. The molecule has 0 radical (unpaired) electrons. The maximum atomic E-state index is 11.8. The first-order valence-corrected chi connectivity index (χ1v) is 13.5. The third-order valence-electron chi connectivity index (χ3n) is 7.74. The van der Waals surface area contributed by atoms with Crippen molar-refractivity contribution in [3.8, 4) is 0 Å². The fraction of sp³-hybridized carbons (Fsp3) is 0.889. The molecule has 2 fully saturated rings. The summed E-state index contributed by atoms with van der Waals surface area (Å²) in [6, 6.07) is 0.0517. The second-order valence-electron chi connectivity index (χ2n) is 10.3. The molecule has 1 spiro atoms. The molecule has 0 amide bonds. The molecule has 1 heterocycles. The lowest BCUT2D eigenvalue weighted by Crippen LogP contribution is -2.46. The molecule has 0 bridgehead atoms. The van der Waals surface area contributed by atoms with Gasteiger partial charge in [0, 0.05) is 12.8 Å². The second kappa shape index (κ2) is 15.6. The van der Waals surface area contributed by atoms with Gasteiger partial charge in [0.25, 0.3) is 0 Å². The van der Waals surface area contributed by atoms with Gasteiger partial charge in [0.2, 0.25) is 0 Å². The van der Waals surface area contributed by atoms with Gasteiger partial charge in [-0.15, -0.1) is 0 Å². The molecule has 32 heavy (non-hydrogen) atoms. The summed E-state index contributed by atoms with van der Waals surface area (Å²) in [5, 5.41) is 0. The number of likely N-dealkylation sites (tertiary alicyclic amines) is 1. The number of aldehydes is 1. The van der Waals surface area contributed by atoms with Crippen LogP contribution in [-0.2, 0) is 19.1 Å². The van der Waals surface area contributed by atoms with Gasteiger partial charge < -0.3 is 9.53 Å². The maximum Gasteiger partial charge on any atom is 0.313 e. The van der Waals surface area contributed by atoms with E-state index in [0.717, 1.165) is 70.7 Å². The van der Waals surface area contributed by atoms with E-state index in [1.165, 1.54) is 57.8 Å². The van der Waals surface area contributed by atoms with Crippen LogP contribution in [0, 0.1) is 5.41 Å². The fourth-order valence-corrected chi connectivity index (χ4v) is 5.55. The van der Waals surface area contributed by atoms with Crippen molar-refractivity contribution in [1.29, 1.82) is 0 Å². The van der Waals surface area contributed by atoms with Gasteiger partial charge in [-0.3, -0.25) is 14.5 Å². The van der Waals surface area contributed by atoms with E-state index in [1.807, 2.05) is 0 Å². The first-order valence-electron chi connectivity index (χ1n) is 13.5. The van der Waals surface area contributed by atoms with Crippen LogP contribution in [0.2, 0.25) is 0 Å². The minimum absolute atomic E-state index is 0.0517. The molecular formula is C27H47NO4. The number of carbonyl (C=O) groups excluding carboxylic acids is 3. The Morgan fingerprint density at radius 3 is 1.94 bits per heavy atom. The Bertz CT molecular complexity index is 546. The number of ether oxygens (including phenoxy) is 1. The Labute approximate surface area is 196 Å². The van der Waals surface area contributed by atoms with Crippen molar-refractivity contribution in [2.45, 2.75) is 135 Å². The molecule has 184 valence electrons. The summed E-state index contributed by atoms with van der Waals surface area (Å²) >= 11 is 0. The normalized spacial score (nSPS) is 19.5. The average molecular weight is 450 g/mol. The molecule has 0 N–H and O–H groups in total. The van der Waals surface area contributed by atoms with Crippen LogP contribution in [0.25, 0.3) is 0 Å². The number of unbranched alkanes of at least 4 members (excludes halogenated alkanes) is 7. The summed E-state index contributed by atoms with van der Waals surface area (Å²) in [7, 11) is 0. The Morgan fingerprint density at radius 2 is 1.38 bits per heavy atom. The van der Waals surface area contributed by atoms with Crippen molar-refractivity contribution in [3.05, 3.63) is 0 Å². The van der Waals surface area contributed by atoms with Crippen molar-refractivity contribution in [1.82, 2.24) is 4.90 Å². The predicted octanol–water partition coefficient (Wildman–Crippen LogP) is 6.37. The molecule has 2 rings (SSSR count). The minimum Gasteiger partial charge on any atom is -0.393 e. The van der Waals surface area contributed by atoms with Crippen molar-refractivity contribution in [3.63, 3.8) is 0 Å². The van der Waals surface area contributed by atoms with E-state index in [0.29, 0.717) is 18.3 Å². The molecular weight excluding hydrogens is 402 g/mol. The van der Waals surface area contributed by atoms with Gasteiger partial charge in [-0.1, -0.05) is 71.1 Å². The molecule has 1 atom stereocenters. The number of esters is 2. The lowest BCUT2D eigenvalue weighted by Gasteiger charge is -2.45. The number of hydrogen-bond acceptors (Lipinski definition) is 5. The highest BCUT2D eigenvalue weighted by molar-refractivity contribution is 5.85. The second-order valence-corrected chi connectivity index (χ2v) is 10.3. The third-order valence-corrected chi connectivity index (χ3v) is 7.74. The van der Waals surface area contributed by atoms with Gasteiger partial charge in [-0.25, -0.2) is 0 Å². The largest absolute Gasteiger partial charge is 0.393 e. The standard InChI is InChI=1S/C27H47NO4/c1-2-3-4-5-10-15-25(30)32-26(31)16-11-7-6-9-14-24(23-29)28-21-19-27(20-22-28)17-12-8-13-18-27/h23-24H,2-22H2,1H3. The van der Waals surface area contributed by atoms with Gasteiger partial charge in [0.1, 0.15) is 6.29 Å². The summed E-state index contributed by atoms with van der Waals surface area (Å²) in [6.45, 7) is 4.30. The molecule has 1 saturated heterocycles. The zero-order chi connectivity index (χ0) is 23.1. The molecule has 1 saturated carbocycles. The summed E-state index contributed by atoms with van der Waals surface area (Å²) in [4.78, 5) is 37.6. The van der Waals surface area contributed by atoms with Gasteiger partial charge in [-0.2, -0.15) is 0 Å². The first kappa shape index (κ1) is 27.0. The van der Waals surface area contributed by atoms with E-state index < -0.39 is 0 Å². The number of hydrogen-bond donors (Lipinski definition) is 0. The van der Waals surface area contributed by atoms with Crippen LogP contribution >= 0.6 is 0 Å². The van der Waals surface area contributed by atoms with Crippen LogP contribution < -0.4 is 0 Å². The van der Waals surface area contributed by atoms with E-state index in [4.69, 9.17) is 4.74 Å². The summed E-state index contributed by atoms with van der Waals surface area (Å²) in [6.07, 6.45) is 21.2. The lowest BCUT2D eigenvalue weighted by atomic mass is 9.68. The van der Waals surface area contributed by atoms with Crippen molar-refractivity contribution < 1.29 is 19.1 Å². The smallest absolute Gasteiger partial charge is 0.313 e. The van der Waals surface area contributed by atoms with Gasteiger partial charge in [-0.05, 0) is 63.5 Å². The Hall–Kier alpha value is -1.23. The highest BCUT2D eigenvalue weighted by Gasteiger charge is 2.36. The van der Waals surface area contributed by atoms with Crippen molar-refractivity contribution in [2.75, 3.05) is 13.1 Å². The average Bonchev–Trinajstić information content (AvgIpc) is 2.80. The molecule has 5 heteroatoms. The SMILES string of the molecule is CCCCCCCC(=O)OC(=O)CCCCCCC(C=O)N1CCC2(CCCCC2)CC1. The third kappa shape index (κ3) is 10.1. The Morgan fingerprint density at radius 1 is 0.812 bits per heavy atom. The highest BCUT2D eigenvalue weighted by Crippen LogP contribution is 2.44. The monoisotopic (exact) mass is 449 g/mol. The predicted molar refractivity (Wildman–Crippen MR) is 128 cm³/mol. The molecule has 0 aromatic rings. The van der Waals surface area contributed by atoms with Crippen LogP contribution in [0.15, 0.2) is 0 Å². The lowest BCUT2D eigenvalue weighted by molar-refractivity contribution is -0.159. The van der Waals surface area contributed by atoms with E-state index in [-0.39, 0.29) is 18.0 Å². The molecule has 0 aromatic carbocycles. The van der Waals surface area contributed by atoms with E-state index in [1.54, 1.807) is 0 Å². The van der Waals surface area contributed by atoms with E-state index >= 15 is 0 Å². The first-order chi connectivity index (χ1) is 15.6. The molecule has 1 unspecified atom stereocenters. The summed E-state index contributed by atoms with van der Waals surface area (Å²) in [5.74, 6) is -0.767. The number of rotatable bonds is 15. The van der Waals surface area contributed by atoms with Crippen LogP contribution in [0.4, 0.5) is 0 Å². The molecule has 0 aromatic heterocycles. The summed E-state index contributed by atoms with van der Waals surface area (Å²) in [5.41, 5.74) is 0.577. The quantitative estimate of drug-likeness (QED) is 0.126. The fourth-order valence-electron chi connectivity index (χ4n) is 5.55. The molecule has 2 aliphatic rings. The van der Waals surface area contributed by atoms with Crippen LogP contribution in [0.1, 0.15) is 129 Å². The zero-order valence-electron chi connectivity index (χ0n) is 20.6. The van der Waals surface area contributed by atoms with Crippen molar-refractivity contribution >= 4 is 18.2 Å². The van der Waals surface area contributed by atoms with Crippen LogP contribution in [0.3, 0.4) is 0 Å². The zero-order valence-corrected chi connectivity index (χ0v) is 20.6. The summed E-state index contributed by atoms with van der Waals surface area (Å²) < 4.78 is 4.92. The maximum absolute atomic E-state index is 11.8. The minimum atomic E-state index is -0.390. The number of nitrogens with zero attached hydrogens (tertiary/aromatic N) is 1. The van der Waals surface area contributed by atoms with Crippen LogP contribution in [-0.4, -0.2) is 42.3 Å². The molecule has 1 aliphatic heterocycles.